The zero-order valence-corrected chi connectivity index (χ0v) is 9.86. The number of para-hydroxylation sites is 1. The number of Topliss-reactive ketones (excluding diaryl/α,β-unsaturated/α-hetero) is 1. The van der Waals surface area contributed by atoms with Gasteiger partial charge in [-0.25, -0.2) is 4.98 Å². The lowest BCUT2D eigenvalue weighted by Crippen LogP contribution is -2.19. The summed E-state index contributed by atoms with van der Waals surface area (Å²) in [6.07, 6.45) is 0. The van der Waals surface area contributed by atoms with Crippen molar-refractivity contribution in [1.29, 1.82) is 0 Å². The summed E-state index contributed by atoms with van der Waals surface area (Å²) < 4.78 is 5.16. The predicted octanol–water partition coefficient (Wildman–Crippen LogP) is 1.65. The molecule has 1 aromatic heterocycles. The number of carbonyl (C=O) groups is 1. The first-order valence-corrected chi connectivity index (χ1v) is 5.38. The summed E-state index contributed by atoms with van der Waals surface area (Å²) in [5.74, 6) is 0.353. The second kappa shape index (κ2) is 4.93. The van der Waals surface area contributed by atoms with E-state index in [1.165, 1.54) is 7.11 Å². The predicted molar refractivity (Wildman–Crippen MR) is 66.6 cm³/mol. The van der Waals surface area contributed by atoms with Crippen LogP contribution in [0, 0.1) is 0 Å². The van der Waals surface area contributed by atoms with Gasteiger partial charge in [-0.05, 0) is 19.2 Å². The number of ether oxygens (including phenoxy) is 1. The van der Waals surface area contributed by atoms with Crippen LogP contribution in [0.4, 0.5) is 0 Å². The van der Waals surface area contributed by atoms with Gasteiger partial charge < -0.3 is 10.1 Å². The van der Waals surface area contributed by atoms with E-state index in [0.717, 1.165) is 10.9 Å². The quantitative estimate of drug-likeness (QED) is 0.811. The van der Waals surface area contributed by atoms with Crippen molar-refractivity contribution >= 4 is 16.7 Å². The van der Waals surface area contributed by atoms with Crippen LogP contribution in [0.5, 0.6) is 5.88 Å². The number of fused-ring (bicyclic) bond motifs is 1. The molecule has 0 radical (unpaired) electrons. The molecule has 0 bridgehead atoms. The summed E-state index contributed by atoms with van der Waals surface area (Å²) in [7, 11) is 3.26. The highest BCUT2D eigenvalue weighted by atomic mass is 16.5. The Balaban J connectivity index is 2.56. The number of likely N-dealkylation sites (N-methyl/N-ethyl adjacent to an activating group) is 1. The van der Waals surface area contributed by atoms with E-state index in [0.29, 0.717) is 11.4 Å². The van der Waals surface area contributed by atoms with Crippen LogP contribution in [0.3, 0.4) is 0 Å². The summed E-state index contributed by atoms with van der Waals surface area (Å²) in [5, 5.41) is 3.77. The van der Waals surface area contributed by atoms with E-state index in [1.54, 1.807) is 7.05 Å². The van der Waals surface area contributed by atoms with Gasteiger partial charge in [0.1, 0.15) is 0 Å². The number of hydrogen-bond acceptors (Lipinski definition) is 4. The highest BCUT2D eigenvalue weighted by Crippen LogP contribution is 2.22. The summed E-state index contributed by atoms with van der Waals surface area (Å²) >= 11 is 0. The number of carbonyl (C=O) groups excluding carboxylic acids is 1. The number of nitrogens with one attached hydrogen (secondary N) is 1. The maximum atomic E-state index is 11.9. The number of aromatic nitrogens is 1. The van der Waals surface area contributed by atoms with Crippen LogP contribution < -0.4 is 10.1 Å². The minimum Gasteiger partial charge on any atom is -0.480 e. The Morgan fingerprint density at radius 3 is 2.88 bits per heavy atom. The average molecular weight is 230 g/mol. The molecule has 17 heavy (non-hydrogen) atoms. The van der Waals surface area contributed by atoms with E-state index in [2.05, 4.69) is 10.3 Å². The van der Waals surface area contributed by atoms with Crippen LogP contribution in [-0.2, 0) is 0 Å². The van der Waals surface area contributed by atoms with Gasteiger partial charge in [0.05, 0.1) is 24.7 Å². The zero-order chi connectivity index (χ0) is 12.3. The molecular formula is C13H14N2O2. The third kappa shape index (κ3) is 2.26. The minimum atomic E-state index is -0.0254. The van der Waals surface area contributed by atoms with Gasteiger partial charge in [-0.3, -0.25) is 4.79 Å². The number of rotatable bonds is 4. The van der Waals surface area contributed by atoms with Gasteiger partial charge >= 0.3 is 0 Å². The number of methoxy groups -OCH3 is 1. The fourth-order valence-corrected chi connectivity index (χ4v) is 1.71. The number of benzene rings is 1. The highest BCUT2D eigenvalue weighted by molar-refractivity contribution is 6.02. The molecule has 0 aliphatic heterocycles. The van der Waals surface area contributed by atoms with Gasteiger partial charge in [-0.15, -0.1) is 0 Å². The lowest BCUT2D eigenvalue weighted by Gasteiger charge is -2.08. The largest absolute Gasteiger partial charge is 0.480 e. The molecule has 88 valence electrons. The van der Waals surface area contributed by atoms with E-state index in [9.17, 15) is 4.79 Å². The summed E-state index contributed by atoms with van der Waals surface area (Å²) in [5.41, 5.74) is 1.34. The fraction of sp³-hybridized carbons (Fsp3) is 0.231. The Hall–Kier alpha value is -1.94. The second-order valence-electron chi connectivity index (χ2n) is 3.69. The van der Waals surface area contributed by atoms with Crippen molar-refractivity contribution in [3.63, 3.8) is 0 Å². The Kier molecular flexibility index (Phi) is 3.35. The number of pyridine rings is 1. The smallest absolute Gasteiger partial charge is 0.224 e. The second-order valence-corrected chi connectivity index (χ2v) is 3.69. The van der Waals surface area contributed by atoms with E-state index >= 15 is 0 Å². The van der Waals surface area contributed by atoms with Gasteiger partial charge in [0.15, 0.2) is 5.78 Å². The first-order valence-electron chi connectivity index (χ1n) is 5.38. The van der Waals surface area contributed by atoms with Crippen molar-refractivity contribution in [2.45, 2.75) is 0 Å². The number of ketones is 1. The van der Waals surface area contributed by atoms with Gasteiger partial charge in [-0.1, -0.05) is 18.2 Å². The summed E-state index contributed by atoms with van der Waals surface area (Å²) in [6, 6.07) is 9.47. The lowest BCUT2D eigenvalue weighted by molar-refractivity contribution is 0.0990. The third-order valence-corrected chi connectivity index (χ3v) is 2.52. The van der Waals surface area contributed by atoms with Crippen molar-refractivity contribution in [3.8, 4) is 5.88 Å². The summed E-state index contributed by atoms with van der Waals surface area (Å²) in [6.45, 7) is 0.274. The van der Waals surface area contributed by atoms with Crippen molar-refractivity contribution in [3.05, 3.63) is 35.9 Å². The molecule has 0 amide bonds. The number of nitrogens with zero attached hydrogens (tertiary/aromatic N) is 1. The fourth-order valence-electron chi connectivity index (χ4n) is 1.71. The van der Waals surface area contributed by atoms with E-state index in [4.69, 9.17) is 4.74 Å². The maximum Gasteiger partial charge on any atom is 0.224 e. The van der Waals surface area contributed by atoms with Gasteiger partial charge in [-0.2, -0.15) is 0 Å². The van der Waals surface area contributed by atoms with E-state index < -0.39 is 0 Å². The van der Waals surface area contributed by atoms with Gasteiger partial charge in [0, 0.05) is 5.39 Å². The molecule has 1 aromatic carbocycles. The first kappa shape index (κ1) is 11.5. The van der Waals surface area contributed by atoms with E-state index in [-0.39, 0.29) is 12.3 Å². The molecule has 0 atom stereocenters. The van der Waals surface area contributed by atoms with Gasteiger partial charge in [0.2, 0.25) is 5.88 Å². The molecule has 1 heterocycles. The minimum absolute atomic E-state index is 0.0254. The maximum absolute atomic E-state index is 11.9. The van der Waals surface area contributed by atoms with Crippen LogP contribution in [0.1, 0.15) is 10.4 Å². The molecule has 2 rings (SSSR count). The monoisotopic (exact) mass is 230 g/mol. The zero-order valence-electron chi connectivity index (χ0n) is 9.86. The molecule has 2 aromatic rings. The lowest BCUT2D eigenvalue weighted by atomic mass is 10.1. The molecule has 0 fully saturated rings. The van der Waals surface area contributed by atoms with Crippen molar-refractivity contribution in [1.82, 2.24) is 10.3 Å². The van der Waals surface area contributed by atoms with Crippen LogP contribution in [0.2, 0.25) is 0 Å². The molecule has 1 N–H and O–H groups in total. The Bertz CT molecular complexity index is 552. The van der Waals surface area contributed by atoms with Crippen LogP contribution >= 0.6 is 0 Å². The van der Waals surface area contributed by atoms with Crippen molar-refractivity contribution < 1.29 is 9.53 Å². The van der Waals surface area contributed by atoms with Gasteiger partial charge in [0.25, 0.3) is 0 Å². The highest BCUT2D eigenvalue weighted by Gasteiger charge is 2.13. The molecule has 0 spiro atoms. The summed E-state index contributed by atoms with van der Waals surface area (Å²) in [4.78, 5) is 16.2. The standard InChI is InChI=1S/C13H14N2O2/c1-14-8-12(16)10-7-9-5-3-4-6-11(9)15-13(10)17-2/h3-7,14H,8H2,1-2H3. The average Bonchev–Trinajstić information content (AvgIpc) is 2.37. The topological polar surface area (TPSA) is 51.2 Å². The molecule has 0 aliphatic rings. The van der Waals surface area contributed by atoms with Crippen LogP contribution in [0.25, 0.3) is 10.9 Å². The molecule has 0 unspecified atom stereocenters. The van der Waals surface area contributed by atoms with Crippen molar-refractivity contribution in [2.75, 3.05) is 20.7 Å². The first-order chi connectivity index (χ1) is 8.26. The molecule has 0 saturated heterocycles. The normalized spacial score (nSPS) is 10.5. The molecule has 0 aliphatic carbocycles. The van der Waals surface area contributed by atoms with Crippen LogP contribution in [0.15, 0.2) is 30.3 Å². The SMILES string of the molecule is CNCC(=O)c1cc2ccccc2nc1OC. The number of hydrogen-bond donors (Lipinski definition) is 1. The molecular weight excluding hydrogens is 216 g/mol. The van der Waals surface area contributed by atoms with E-state index in [1.807, 2.05) is 30.3 Å². The molecule has 4 heteroatoms. The van der Waals surface area contributed by atoms with Crippen LogP contribution in [-0.4, -0.2) is 31.5 Å². The Morgan fingerprint density at radius 1 is 1.41 bits per heavy atom. The third-order valence-electron chi connectivity index (χ3n) is 2.52. The molecule has 4 nitrogen and oxygen atoms in total. The van der Waals surface area contributed by atoms with Crippen molar-refractivity contribution in [2.24, 2.45) is 0 Å². The Morgan fingerprint density at radius 2 is 2.18 bits per heavy atom. The molecule has 0 saturated carbocycles. The Labute approximate surface area is 99.6 Å².